The first-order valence-electron chi connectivity index (χ1n) is 7.02. The summed E-state index contributed by atoms with van der Waals surface area (Å²) in [6, 6.07) is 6.70. The molecule has 0 atom stereocenters. The summed E-state index contributed by atoms with van der Waals surface area (Å²) in [5.41, 5.74) is -0.0435. The van der Waals surface area contributed by atoms with Crippen LogP contribution in [0.2, 0.25) is 0 Å². The molecule has 124 valence electrons. The lowest BCUT2D eigenvalue weighted by atomic mass is 10.0. The predicted octanol–water partition coefficient (Wildman–Crippen LogP) is 1.77. The van der Waals surface area contributed by atoms with Gasteiger partial charge in [0.15, 0.2) is 0 Å². The van der Waals surface area contributed by atoms with Crippen molar-refractivity contribution in [3.05, 3.63) is 24.3 Å². The summed E-state index contributed by atoms with van der Waals surface area (Å²) in [4.78, 5) is 12.2. The van der Waals surface area contributed by atoms with E-state index < -0.39 is 10.0 Å². The van der Waals surface area contributed by atoms with Crippen LogP contribution < -0.4 is 14.4 Å². The SMILES string of the molecule is CCC(C)(C)NC(=O)CN(c1ccccc1OC)S(C)(=O)=O. The van der Waals surface area contributed by atoms with E-state index in [2.05, 4.69) is 5.32 Å². The molecule has 1 aromatic carbocycles. The standard InChI is InChI=1S/C15H24N2O4S/c1-6-15(2,3)16-14(18)11-17(22(5,19)20)12-9-7-8-10-13(12)21-4/h7-10H,6,11H2,1-5H3,(H,16,18). The van der Waals surface area contributed by atoms with Gasteiger partial charge in [0.05, 0.1) is 19.1 Å². The average Bonchev–Trinajstić information content (AvgIpc) is 2.43. The van der Waals surface area contributed by atoms with E-state index in [9.17, 15) is 13.2 Å². The van der Waals surface area contributed by atoms with Crippen molar-refractivity contribution in [3.63, 3.8) is 0 Å². The van der Waals surface area contributed by atoms with Crippen molar-refractivity contribution < 1.29 is 17.9 Å². The second-order valence-electron chi connectivity index (χ2n) is 5.73. The lowest BCUT2D eigenvalue weighted by Gasteiger charge is -2.28. The van der Waals surface area contributed by atoms with Gasteiger partial charge < -0.3 is 10.1 Å². The minimum Gasteiger partial charge on any atom is -0.495 e. The van der Waals surface area contributed by atoms with E-state index in [1.807, 2.05) is 20.8 Å². The maximum absolute atomic E-state index is 12.2. The van der Waals surface area contributed by atoms with Gasteiger partial charge >= 0.3 is 0 Å². The number of sulfonamides is 1. The molecule has 0 saturated heterocycles. The molecular weight excluding hydrogens is 304 g/mol. The molecule has 0 saturated carbocycles. The molecule has 1 N–H and O–H groups in total. The summed E-state index contributed by atoms with van der Waals surface area (Å²) in [6.45, 7) is 5.44. The first kappa shape index (κ1) is 18.3. The number of hydrogen-bond donors (Lipinski definition) is 1. The van der Waals surface area contributed by atoms with Crippen LogP contribution in [0.15, 0.2) is 24.3 Å². The number of benzene rings is 1. The highest BCUT2D eigenvalue weighted by atomic mass is 32.2. The predicted molar refractivity (Wildman–Crippen MR) is 87.7 cm³/mol. The van der Waals surface area contributed by atoms with Crippen molar-refractivity contribution in [2.75, 3.05) is 24.2 Å². The Bertz CT molecular complexity index is 626. The average molecular weight is 328 g/mol. The van der Waals surface area contributed by atoms with Gasteiger partial charge in [-0.3, -0.25) is 9.10 Å². The van der Waals surface area contributed by atoms with Crippen molar-refractivity contribution in [3.8, 4) is 5.75 Å². The second-order valence-corrected chi connectivity index (χ2v) is 7.63. The molecule has 0 aromatic heterocycles. The van der Waals surface area contributed by atoms with Crippen molar-refractivity contribution in [1.82, 2.24) is 5.32 Å². The zero-order valence-corrected chi connectivity index (χ0v) is 14.5. The first-order chi connectivity index (χ1) is 10.1. The summed E-state index contributed by atoms with van der Waals surface area (Å²) >= 11 is 0. The molecule has 0 aliphatic carbocycles. The molecule has 0 fully saturated rings. The zero-order chi connectivity index (χ0) is 17.0. The normalized spacial score (nSPS) is 11.9. The number of nitrogens with zero attached hydrogens (tertiary/aromatic N) is 1. The fourth-order valence-electron chi connectivity index (χ4n) is 1.85. The number of amides is 1. The van der Waals surface area contributed by atoms with Crippen LogP contribution in [0.5, 0.6) is 5.75 Å². The number of rotatable bonds is 7. The maximum atomic E-state index is 12.2. The smallest absolute Gasteiger partial charge is 0.241 e. The third-order valence-corrected chi connectivity index (χ3v) is 4.53. The Kier molecular flexibility index (Phi) is 5.82. The molecule has 6 nitrogen and oxygen atoms in total. The summed E-state index contributed by atoms with van der Waals surface area (Å²) in [5, 5.41) is 2.83. The molecule has 0 aliphatic rings. The third kappa shape index (κ3) is 4.91. The Hall–Kier alpha value is -1.76. The van der Waals surface area contributed by atoms with E-state index in [1.165, 1.54) is 7.11 Å². The summed E-state index contributed by atoms with van der Waals surface area (Å²) in [5.74, 6) is 0.0404. The summed E-state index contributed by atoms with van der Waals surface area (Å²) < 4.78 is 30.4. The Balaban J connectivity index is 3.09. The van der Waals surface area contributed by atoms with Gasteiger partial charge in [-0.25, -0.2) is 8.42 Å². The third-order valence-electron chi connectivity index (χ3n) is 3.40. The number of nitrogens with one attached hydrogen (secondary N) is 1. The van der Waals surface area contributed by atoms with Crippen molar-refractivity contribution in [2.24, 2.45) is 0 Å². The monoisotopic (exact) mass is 328 g/mol. The van der Waals surface area contributed by atoms with Gasteiger partial charge in [-0.1, -0.05) is 19.1 Å². The van der Waals surface area contributed by atoms with Crippen LogP contribution in [0.4, 0.5) is 5.69 Å². The Morgan fingerprint density at radius 1 is 1.32 bits per heavy atom. The summed E-state index contributed by atoms with van der Waals surface area (Å²) in [7, 11) is -2.16. The van der Waals surface area contributed by atoms with E-state index in [1.54, 1.807) is 24.3 Å². The van der Waals surface area contributed by atoms with Crippen molar-refractivity contribution >= 4 is 21.6 Å². The molecule has 22 heavy (non-hydrogen) atoms. The van der Waals surface area contributed by atoms with Crippen LogP contribution in [-0.4, -0.2) is 39.8 Å². The lowest BCUT2D eigenvalue weighted by Crippen LogP contribution is -2.48. The molecule has 0 radical (unpaired) electrons. The molecule has 1 rings (SSSR count). The van der Waals surface area contributed by atoms with Gasteiger partial charge in [-0.05, 0) is 32.4 Å². The van der Waals surface area contributed by atoms with E-state index in [4.69, 9.17) is 4.74 Å². The number of methoxy groups -OCH3 is 1. The topological polar surface area (TPSA) is 75.7 Å². The number of carbonyl (C=O) groups excluding carboxylic acids is 1. The van der Waals surface area contributed by atoms with Gasteiger partial charge in [0.2, 0.25) is 15.9 Å². The van der Waals surface area contributed by atoms with Crippen LogP contribution >= 0.6 is 0 Å². The number of anilines is 1. The van der Waals surface area contributed by atoms with Crippen LogP contribution in [0.1, 0.15) is 27.2 Å². The highest BCUT2D eigenvalue weighted by Crippen LogP contribution is 2.29. The Morgan fingerprint density at radius 3 is 2.41 bits per heavy atom. The number of para-hydroxylation sites is 2. The van der Waals surface area contributed by atoms with Gasteiger partial charge in [0, 0.05) is 5.54 Å². The van der Waals surface area contributed by atoms with E-state index in [0.29, 0.717) is 11.4 Å². The van der Waals surface area contributed by atoms with Crippen LogP contribution in [0.3, 0.4) is 0 Å². The molecule has 1 amide bonds. The number of carbonyl (C=O) groups is 1. The maximum Gasteiger partial charge on any atom is 0.241 e. The van der Waals surface area contributed by atoms with Crippen molar-refractivity contribution in [2.45, 2.75) is 32.7 Å². The number of ether oxygens (including phenoxy) is 1. The fourth-order valence-corrected chi connectivity index (χ4v) is 2.71. The summed E-state index contributed by atoms with van der Waals surface area (Å²) in [6.07, 6.45) is 1.81. The molecule has 1 aromatic rings. The van der Waals surface area contributed by atoms with Crippen LogP contribution in [-0.2, 0) is 14.8 Å². The highest BCUT2D eigenvalue weighted by Gasteiger charge is 2.26. The molecule has 0 unspecified atom stereocenters. The Labute approximate surface area is 132 Å². The quantitative estimate of drug-likeness (QED) is 0.827. The number of hydrogen-bond acceptors (Lipinski definition) is 4. The first-order valence-corrected chi connectivity index (χ1v) is 8.87. The van der Waals surface area contributed by atoms with E-state index in [-0.39, 0.29) is 18.0 Å². The molecule has 0 bridgehead atoms. The van der Waals surface area contributed by atoms with Gasteiger partial charge in [0.25, 0.3) is 0 Å². The van der Waals surface area contributed by atoms with Gasteiger partial charge in [0.1, 0.15) is 12.3 Å². The van der Waals surface area contributed by atoms with Gasteiger partial charge in [-0.15, -0.1) is 0 Å². The fraction of sp³-hybridized carbons (Fsp3) is 0.533. The Morgan fingerprint density at radius 2 is 1.91 bits per heavy atom. The van der Waals surface area contributed by atoms with Gasteiger partial charge in [-0.2, -0.15) is 0 Å². The lowest BCUT2D eigenvalue weighted by molar-refractivity contribution is -0.121. The second kappa shape index (κ2) is 7.00. The largest absolute Gasteiger partial charge is 0.495 e. The van der Waals surface area contributed by atoms with Crippen LogP contribution in [0.25, 0.3) is 0 Å². The molecule has 7 heteroatoms. The van der Waals surface area contributed by atoms with Crippen LogP contribution in [0, 0.1) is 0 Å². The zero-order valence-electron chi connectivity index (χ0n) is 13.7. The minimum absolute atomic E-state index is 0.289. The minimum atomic E-state index is -3.62. The molecule has 0 spiro atoms. The molecule has 0 aliphatic heterocycles. The van der Waals surface area contributed by atoms with Crippen molar-refractivity contribution in [1.29, 1.82) is 0 Å². The molecule has 0 heterocycles. The molecular formula is C15H24N2O4S. The highest BCUT2D eigenvalue weighted by molar-refractivity contribution is 7.92. The van der Waals surface area contributed by atoms with E-state index in [0.717, 1.165) is 17.0 Å². The van der Waals surface area contributed by atoms with E-state index >= 15 is 0 Å².